The molecule has 1 rings (SSSR count). The van der Waals surface area contributed by atoms with Gasteiger partial charge in [-0.3, -0.25) is 0 Å². The monoisotopic (exact) mass is 193 g/mol. The van der Waals surface area contributed by atoms with E-state index >= 15 is 0 Å². The molecule has 1 heterocycles. The Kier molecular flexibility index (Phi) is 3.06. The van der Waals surface area contributed by atoms with Crippen molar-refractivity contribution in [1.82, 2.24) is 4.98 Å². The van der Waals surface area contributed by atoms with E-state index < -0.39 is 5.97 Å². The van der Waals surface area contributed by atoms with E-state index in [1.165, 1.54) is 6.07 Å². The highest BCUT2D eigenvalue weighted by molar-refractivity contribution is 5.91. The molecule has 0 amide bonds. The molecule has 0 aliphatic heterocycles. The normalized spacial score (nSPS) is 9.43. The van der Waals surface area contributed by atoms with E-state index in [9.17, 15) is 4.79 Å². The first-order valence-corrected chi connectivity index (χ1v) is 3.99. The quantitative estimate of drug-likeness (QED) is 0.620. The molecule has 0 unspecified atom stereocenters. The van der Waals surface area contributed by atoms with Crippen LogP contribution in [-0.4, -0.2) is 22.6 Å². The molecule has 0 aromatic carbocycles. The van der Waals surface area contributed by atoms with Crippen molar-refractivity contribution in [3.05, 3.63) is 30.5 Å². The van der Waals surface area contributed by atoms with Gasteiger partial charge in [0.25, 0.3) is 0 Å². The summed E-state index contributed by atoms with van der Waals surface area (Å²) in [6, 6.07) is 3.12. The Hall–Kier alpha value is -2.04. The van der Waals surface area contributed by atoms with Crippen molar-refractivity contribution in [2.75, 3.05) is 17.6 Å². The standard InChI is InChI=1S/C9H11N3O2/c1-2-5-11-7-4-3-6(10)8(12-7)9(13)14/h2-4H,1,5,10H2,(H,11,12)(H,13,14). The molecule has 1 aromatic rings. The lowest BCUT2D eigenvalue weighted by Crippen LogP contribution is -2.08. The molecular weight excluding hydrogens is 182 g/mol. The minimum atomic E-state index is -1.13. The van der Waals surface area contributed by atoms with Gasteiger partial charge in [-0.15, -0.1) is 6.58 Å². The van der Waals surface area contributed by atoms with Gasteiger partial charge in [0.2, 0.25) is 0 Å². The lowest BCUT2D eigenvalue weighted by molar-refractivity contribution is 0.0692. The summed E-state index contributed by atoms with van der Waals surface area (Å²) >= 11 is 0. The Morgan fingerprint density at radius 3 is 3.00 bits per heavy atom. The Morgan fingerprint density at radius 2 is 2.43 bits per heavy atom. The highest BCUT2D eigenvalue weighted by Gasteiger charge is 2.09. The first kappa shape index (κ1) is 10.0. The lowest BCUT2D eigenvalue weighted by atomic mass is 10.3. The highest BCUT2D eigenvalue weighted by atomic mass is 16.4. The fourth-order valence-corrected chi connectivity index (χ4v) is 0.916. The zero-order valence-corrected chi connectivity index (χ0v) is 7.53. The number of aromatic nitrogens is 1. The van der Waals surface area contributed by atoms with Crippen LogP contribution in [0.5, 0.6) is 0 Å². The minimum absolute atomic E-state index is 0.140. The van der Waals surface area contributed by atoms with Crippen molar-refractivity contribution in [3.8, 4) is 0 Å². The number of nitrogens with two attached hydrogens (primary N) is 1. The fraction of sp³-hybridized carbons (Fsp3) is 0.111. The number of pyridine rings is 1. The van der Waals surface area contributed by atoms with Gasteiger partial charge in [-0.2, -0.15) is 0 Å². The number of rotatable bonds is 4. The van der Waals surface area contributed by atoms with Crippen LogP contribution in [0.25, 0.3) is 0 Å². The zero-order valence-electron chi connectivity index (χ0n) is 7.53. The number of carboxylic acid groups (broad SMARTS) is 1. The summed E-state index contributed by atoms with van der Waals surface area (Å²) in [6.07, 6.45) is 1.65. The van der Waals surface area contributed by atoms with Crippen LogP contribution in [0.15, 0.2) is 24.8 Å². The molecule has 0 bridgehead atoms. The number of carbonyl (C=O) groups is 1. The van der Waals surface area contributed by atoms with E-state index in [1.54, 1.807) is 12.1 Å². The number of nitrogens with one attached hydrogen (secondary N) is 1. The molecule has 0 spiro atoms. The van der Waals surface area contributed by atoms with Crippen molar-refractivity contribution >= 4 is 17.5 Å². The second kappa shape index (κ2) is 4.27. The van der Waals surface area contributed by atoms with Gasteiger partial charge in [-0.05, 0) is 12.1 Å². The lowest BCUT2D eigenvalue weighted by Gasteiger charge is -2.04. The maximum absolute atomic E-state index is 10.7. The number of aromatic carboxylic acids is 1. The molecule has 14 heavy (non-hydrogen) atoms. The van der Waals surface area contributed by atoms with Crippen LogP contribution >= 0.6 is 0 Å². The third-order valence-corrected chi connectivity index (χ3v) is 1.56. The molecule has 0 aliphatic carbocycles. The molecule has 5 nitrogen and oxygen atoms in total. The van der Waals surface area contributed by atoms with Crippen molar-refractivity contribution in [2.24, 2.45) is 0 Å². The van der Waals surface area contributed by atoms with Gasteiger partial charge in [-0.1, -0.05) is 6.08 Å². The topological polar surface area (TPSA) is 88.2 Å². The van der Waals surface area contributed by atoms with Gasteiger partial charge >= 0.3 is 5.97 Å². The average Bonchev–Trinajstić information content (AvgIpc) is 2.16. The molecule has 0 atom stereocenters. The Bertz CT molecular complexity index is 363. The SMILES string of the molecule is C=CCNc1ccc(N)c(C(=O)O)n1. The van der Waals surface area contributed by atoms with Gasteiger partial charge in [-0.25, -0.2) is 9.78 Å². The summed E-state index contributed by atoms with van der Waals surface area (Å²) in [7, 11) is 0. The van der Waals surface area contributed by atoms with Crippen LogP contribution in [0.1, 0.15) is 10.5 Å². The number of hydrogen-bond acceptors (Lipinski definition) is 4. The van der Waals surface area contributed by atoms with Gasteiger partial charge in [0, 0.05) is 6.54 Å². The molecule has 0 saturated carbocycles. The Balaban J connectivity index is 2.94. The van der Waals surface area contributed by atoms with Crippen LogP contribution in [0.4, 0.5) is 11.5 Å². The van der Waals surface area contributed by atoms with E-state index in [0.717, 1.165) is 0 Å². The van der Waals surface area contributed by atoms with E-state index in [0.29, 0.717) is 12.4 Å². The predicted molar refractivity (Wildman–Crippen MR) is 54.3 cm³/mol. The molecule has 5 heteroatoms. The molecule has 0 aliphatic rings. The van der Waals surface area contributed by atoms with Crippen LogP contribution in [0.2, 0.25) is 0 Å². The number of carboxylic acids is 1. The van der Waals surface area contributed by atoms with Gasteiger partial charge in [0.1, 0.15) is 5.82 Å². The first-order valence-electron chi connectivity index (χ1n) is 3.99. The largest absolute Gasteiger partial charge is 0.476 e. The first-order chi connectivity index (χ1) is 6.65. The highest BCUT2D eigenvalue weighted by Crippen LogP contribution is 2.12. The van der Waals surface area contributed by atoms with E-state index in [-0.39, 0.29) is 11.4 Å². The second-order valence-electron chi connectivity index (χ2n) is 2.61. The van der Waals surface area contributed by atoms with Crippen molar-refractivity contribution in [1.29, 1.82) is 0 Å². The van der Waals surface area contributed by atoms with Crippen LogP contribution < -0.4 is 11.1 Å². The van der Waals surface area contributed by atoms with Crippen LogP contribution in [0, 0.1) is 0 Å². The summed E-state index contributed by atoms with van der Waals surface area (Å²) in [4.78, 5) is 14.5. The summed E-state index contributed by atoms with van der Waals surface area (Å²) in [5.74, 6) is -0.666. The van der Waals surface area contributed by atoms with Gasteiger partial charge in [0.05, 0.1) is 5.69 Å². The fourth-order valence-electron chi connectivity index (χ4n) is 0.916. The molecule has 1 aromatic heterocycles. The predicted octanol–water partition coefficient (Wildman–Crippen LogP) is 0.960. The maximum Gasteiger partial charge on any atom is 0.356 e. The summed E-state index contributed by atoms with van der Waals surface area (Å²) in [5, 5.41) is 11.6. The number of anilines is 2. The van der Waals surface area contributed by atoms with Gasteiger partial charge in [0.15, 0.2) is 5.69 Å². The van der Waals surface area contributed by atoms with E-state index in [1.807, 2.05) is 0 Å². The zero-order chi connectivity index (χ0) is 10.6. The van der Waals surface area contributed by atoms with Gasteiger partial charge < -0.3 is 16.2 Å². The number of nitrogens with zero attached hydrogens (tertiary/aromatic N) is 1. The number of hydrogen-bond donors (Lipinski definition) is 3. The molecule has 0 saturated heterocycles. The Labute approximate surface area is 81.3 Å². The van der Waals surface area contributed by atoms with E-state index in [4.69, 9.17) is 10.8 Å². The average molecular weight is 193 g/mol. The van der Waals surface area contributed by atoms with E-state index in [2.05, 4.69) is 16.9 Å². The van der Waals surface area contributed by atoms with Crippen LogP contribution in [-0.2, 0) is 0 Å². The third-order valence-electron chi connectivity index (χ3n) is 1.56. The van der Waals surface area contributed by atoms with Crippen LogP contribution in [0.3, 0.4) is 0 Å². The third kappa shape index (κ3) is 2.22. The molecular formula is C9H11N3O2. The molecule has 0 fully saturated rings. The summed E-state index contributed by atoms with van der Waals surface area (Å²) < 4.78 is 0. The summed E-state index contributed by atoms with van der Waals surface area (Å²) in [6.45, 7) is 4.04. The molecule has 0 radical (unpaired) electrons. The maximum atomic E-state index is 10.7. The van der Waals surface area contributed by atoms with Crippen molar-refractivity contribution < 1.29 is 9.90 Å². The number of nitrogen functional groups attached to an aromatic ring is 1. The Morgan fingerprint density at radius 1 is 1.71 bits per heavy atom. The second-order valence-corrected chi connectivity index (χ2v) is 2.61. The molecule has 4 N–H and O–H groups in total. The minimum Gasteiger partial charge on any atom is -0.476 e. The smallest absolute Gasteiger partial charge is 0.356 e. The van der Waals surface area contributed by atoms with Crippen molar-refractivity contribution in [2.45, 2.75) is 0 Å². The van der Waals surface area contributed by atoms with Crippen molar-refractivity contribution in [3.63, 3.8) is 0 Å². The summed E-state index contributed by atoms with van der Waals surface area (Å²) in [5.41, 5.74) is 5.44. The molecule has 74 valence electrons.